The van der Waals surface area contributed by atoms with Gasteiger partial charge in [0, 0.05) is 19.6 Å². The highest BCUT2D eigenvalue weighted by Gasteiger charge is 2.34. The first-order valence-electron chi connectivity index (χ1n) is 9.49. The highest BCUT2D eigenvalue weighted by Crippen LogP contribution is 2.32. The molecule has 1 fully saturated rings. The maximum absolute atomic E-state index is 13.0. The molecule has 1 aromatic heterocycles. The first kappa shape index (κ1) is 17.2. The van der Waals surface area contributed by atoms with E-state index in [0.29, 0.717) is 6.42 Å². The number of benzene rings is 1. The Kier molecular flexibility index (Phi) is 4.53. The molecule has 0 bridgehead atoms. The lowest BCUT2D eigenvalue weighted by atomic mass is 10.0. The lowest BCUT2D eigenvalue weighted by Gasteiger charge is -2.28. The minimum absolute atomic E-state index is 0.0682. The predicted molar refractivity (Wildman–Crippen MR) is 99.7 cm³/mol. The summed E-state index contributed by atoms with van der Waals surface area (Å²) in [6, 6.07) is 6.37. The summed E-state index contributed by atoms with van der Waals surface area (Å²) < 4.78 is 2.23. The van der Waals surface area contributed by atoms with Crippen molar-refractivity contribution in [3.63, 3.8) is 0 Å². The molecule has 4 rings (SSSR count). The summed E-state index contributed by atoms with van der Waals surface area (Å²) in [5.74, 6) is 2.18. The van der Waals surface area contributed by atoms with Crippen LogP contribution in [-0.2, 0) is 24.3 Å². The molecule has 2 aromatic rings. The number of fused-ring (bicyclic) bond motifs is 1. The van der Waals surface area contributed by atoms with Gasteiger partial charge in [-0.05, 0) is 50.4 Å². The molecule has 6 nitrogen and oxygen atoms in total. The Morgan fingerprint density at radius 3 is 2.81 bits per heavy atom. The Bertz CT molecular complexity index is 828. The zero-order valence-electron chi connectivity index (χ0n) is 15.9. The molecule has 0 radical (unpaired) electrons. The number of rotatable bonds is 3. The van der Waals surface area contributed by atoms with Crippen LogP contribution in [0.3, 0.4) is 0 Å². The Balaban J connectivity index is 1.53. The topological polar surface area (TPSA) is 54.3 Å². The van der Waals surface area contributed by atoms with Gasteiger partial charge in [-0.1, -0.05) is 18.2 Å². The van der Waals surface area contributed by atoms with E-state index in [9.17, 15) is 4.79 Å². The van der Waals surface area contributed by atoms with Gasteiger partial charge in [0.1, 0.15) is 5.82 Å². The fraction of sp³-hybridized carbons (Fsp3) is 0.550. The van der Waals surface area contributed by atoms with Crippen LogP contribution in [0.4, 0.5) is 0 Å². The molecule has 1 amide bonds. The van der Waals surface area contributed by atoms with E-state index in [-0.39, 0.29) is 11.9 Å². The van der Waals surface area contributed by atoms with Crippen molar-refractivity contribution in [1.82, 2.24) is 24.6 Å². The average molecular weight is 353 g/mol. The van der Waals surface area contributed by atoms with E-state index in [1.54, 1.807) is 0 Å². The molecule has 1 unspecified atom stereocenters. The number of carbonyl (C=O) groups is 1. The van der Waals surface area contributed by atoms with Crippen LogP contribution < -0.4 is 0 Å². The second-order valence-electron chi connectivity index (χ2n) is 7.70. The largest absolute Gasteiger partial charge is 0.332 e. The minimum Gasteiger partial charge on any atom is -0.332 e. The summed E-state index contributed by atoms with van der Waals surface area (Å²) in [7, 11) is 2.10. The van der Waals surface area contributed by atoms with Gasteiger partial charge in [0.05, 0.1) is 19.0 Å². The van der Waals surface area contributed by atoms with Gasteiger partial charge in [0.25, 0.3) is 0 Å². The van der Waals surface area contributed by atoms with E-state index in [0.717, 1.165) is 56.2 Å². The van der Waals surface area contributed by atoms with Crippen molar-refractivity contribution in [2.45, 2.75) is 52.2 Å². The Morgan fingerprint density at radius 2 is 2.00 bits per heavy atom. The van der Waals surface area contributed by atoms with Gasteiger partial charge in [-0.2, -0.15) is 0 Å². The minimum atomic E-state index is 0.0682. The molecule has 1 atom stereocenters. The first-order chi connectivity index (χ1) is 12.5. The number of carbonyl (C=O) groups excluding carboxylic acids is 1. The molecule has 0 saturated carbocycles. The maximum atomic E-state index is 13.0. The Labute approximate surface area is 154 Å². The molecule has 0 N–H and O–H groups in total. The van der Waals surface area contributed by atoms with Crippen LogP contribution in [-0.4, -0.2) is 50.6 Å². The van der Waals surface area contributed by atoms with Gasteiger partial charge in [0.15, 0.2) is 5.82 Å². The van der Waals surface area contributed by atoms with E-state index in [4.69, 9.17) is 0 Å². The lowest BCUT2D eigenvalue weighted by Crippen LogP contribution is -2.35. The fourth-order valence-corrected chi connectivity index (χ4v) is 4.07. The van der Waals surface area contributed by atoms with Crippen LogP contribution in [0.5, 0.6) is 0 Å². The van der Waals surface area contributed by atoms with Crippen molar-refractivity contribution in [2.24, 2.45) is 0 Å². The third kappa shape index (κ3) is 3.14. The highest BCUT2D eigenvalue weighted by atomic mass is 16.2. The molecule has 1 saturated heterocycles. The smallest absolute Gasteiger partial charge is 0.227 e. The monoisotopic (exact) mass is 353 g/mol. The number of hydrogen-bond donors (Lipinski definition) is 0. The van der Waals surface area contributed by atoms with Gasteiger partial charge >= 0.3 is 0 Å². The summed E-state index contributed by atoms with van der Waals surface area (Å²) >= 11 is 0. The van der Waals surface area contributed by atoms with Crippen LogP contribution >= 0.6 is 0 Å². The van der Waals surface area contributed by atoms with Crippen LogP contribution in [0.1, 0.15) is 47.2 Å². The van der Waals surface area contributed by atoms with Crippen molar-refractivity contribution in [2.75, 3.05) is 20.1 Å². The van der Waals surface area contributed by atoms with E-state index >= 15 is 0 Å². The van der Waals surface area contributed by atoms with Crippen molar-refractivity contribution < 1.29 is 4.79 Å². The van der Waals surface area contributed by atoms with Gasteiger partial charge in [0.2, 0.25) is 5.91 Å². The van der Waals surface area contributed by atoms with E-state index < -0.39 is 0 Å². The fourth-order valence-electron chi connectivity index (χ4n) is 4.07. The summed E-state index contributed by atoms with van der Waals surface area (Å²) in [6.07, 6.45) is 2.47. The first-order valence-corrected chi connectivity index (χ1v) is 9.49. The normalized spacial score (nSPS) is 20.4. The maximum Gasteiger partial charge on any atom is 0.227 e. The van der Waals surface area contributed by atoms with Crippen molar-refractivity contribution >= 4 is 5.91 Å². The third-order valence-corrected chi connectivity index (χ3v) is 5.77. The summed E-state index contributed by atoms with van der Waals surface area (Å²) in [6.45, 7) is 7.75. The second-order valence-corrected chi connectivity index (χ2v) is 7.70. The molecular weight excluding hydrogens is 326 g/mol. The molecule has 2 aliphatic heterocycles. The standard InChI is InChI=1S/C20H27N5O/c1-14-6-7-16(11-15(14)2)12-19(26)24-8-4-5-17(24)20-22-21-18-13-23(3)9-10-25(18)20/h6-7,11,17H,4-5,8-10,12-13H2,1-3H3. The number of nitrogens with zero attached hydrogens (tertiary/aromatic N) is 5. The number of hydrogen-bond acceptors (Lipinski definition) is 4. The quantitative estimate of drug-likeness (QED) is 0.849. The molecule has 6 heteroatoms. The number of likely N-dealkylation sites (N-methyl/N-ethyl adjacent to an activating group) is 1. The third-order valence-electron chi connectivity index (χ3n) is 5.77. The molecule has 0 spiro atoms. The van der Waals surface area contributed by atoms with Gasteiger partial charge in [-0.3, -0.25) is 9.69 Å². The number of likely N-dealkylation sites (tertiary alicyclic amines) is 1. The summed E-state index contributed by atoms with van der Waals surface area (Å²) in [5, 5.41) is 8.86. The summed E-state index contributed by atoms with van der Waals surface area (Å²) in [5.41, 5.74) is 3.60. The number of aryl methyl sites for hydroxylation is 2. The second kappa shape index (κ2) is 6.83. The number of aromatic nitrogens is 3. The molecule has 2 aliphatic rings. The number of amides is 1. The highest BCUT2D eigenvalue weighted by molar-refractivity contribution is 5.79. The zero-order chi connectivity index (χ0) is 18.3. The molecule has 1 aromatic carbocycles. The molecule has 0 aliphatic carbocycles. The van der Waals surface area contributed by atoms with Gasteiger partial charge in [-0.25, -0.2) is 0 Å². The molecule has 26 heavy (non-hydrogen) atoms. The zero-order valence-corrected chi connectivity index (χ0v) is 15.9. The van der Waals surface area contributed by atoms with Crippen molar-refractivity contribution in [3.05, 3.63) is 46.5 Å². The van der Waals surface area contributed by atoms with E-state index in [2.05, 4.69) is 58.8 Å². The Hall–Kier alpha value is -2.21. The van der Waals surface area contributed by atoms with Crippen LogP contribution in [0, 0.1) is 13.8 Å². The van der Waals surface area contributed by atoms with Crippen LogP contribution in [0.25, 0.3) is 0 Å². The van der Waals surface area contributed by atoms with Crippen molar-refractivity contribution in [3.8, 4) is 0 Å². The van der Waals surface area contributed by atoms with Gasteiger partial charge in [-0.15, -0.1) is 10.2 Å². The van der Waals surface area contributed by atoms with E-state index in [1.165, 1.54) is 11.1 Å². The van der Waals surface area contributed by atoms with E-state index in [1.807, 2.05) is 4.90 Å². The molecule has 3 heterocycles. The van der Waals surface area contributed by atoms with Gasteiger partial charge < -0.3 is 9.47 Å². The van der Waals surface area contributed by atoms with Crippen molar-refractivity contribution in [1.29, 1.82) is 0 Å². The average Bonchev–Trinajstić information content (AvgIpc) is 3.24. The predicted octanol–water partition coefficient (Wildman–Crippen LogP) is 2.25. The van der Waals surface area contributed by atoms with Crippen LogP contribution in [0.15, 0.2) is 18.2 Å². The SMILES string of the molecule is Cc1ccc(CC(=O)N2CCCC2c2nnc3n2CCN(C)C3)cc1C. The summed E-state index contributed by atoms with van der Waals surface area (Å²) in [4.78, 5) is 17.3. The molecule has 138 valence electrons. The molecular formula is C20H27N5O. The lowest BCUT2D eigenvalue weighted by molar-refractivity contribution is -0.131. The Morgan fingerprint density at radius 1 is 1.15 bits per heavy atom. The van der Waals surface area contributed by atoms with Crippen LogP contribution in [0.2, 0.25) is 0 Å².